The first kappa shape index (κ1) is 68.7. The van der Waals surface area contributed by atoms with Gasteiger partial charge in [0.05, 0.1) is 57.8 Å². The molecule has 464 valence electrons. The van der Waals surface area contributed by atoms with Crippen molar-refractivity contribution in [2.45, 2.75) is 103 Å². The fraction of sp³-hybridized carbons (Fsp3) is 0.509. The molecule has 85 heavy (non-hydrogen) atoms. The average molecular weight is 1190 g/mol. The number of nitrogens with two attached hydrogens (primary N) is 2. The molecule has 2 aromatic carbocycles. The largest absolute Gasteiger partial charge is 0.494 e. The normalized spacial score (nSPS) is 16.8. The Balaban J connectivity index is 1.05. The molecule has 4 atom stereocenters. The van der Waals surface area contributed by atoms with Crippen molar-refractivity contribution in [3.63, 3.8) is 0 Å². The zero-order valence-electron chi connectivity index (χ0n) is 48.4. The van der Waals surface area contributed by atoms with E-state index in [9.17, 15) is 48.3 Å². The molecule has 0 bridgehead atoms. The Hall–Kier alpha value is -8.76. The van der Waals surface area contributed by atoms with E-state index < -0.39 is 78.6 Å². The monoisotopic (exact) mass is 1190 g/mol. The van der Waals surface area contributed by atoms with E-state index in [1.165, 1.54) is 6.20 Å². The lowest BCUT2D eigenvalue weighted by Crippen LogP contribution is -2.59. The Morgan fingerprint density at radius 1 is 0.706 bits per heavy atom. The number of carboxylic acid groups (broad SMARTS) is 1. The molecule has 1 aliphatic rings. The van der Waals surface area contributed by atoms with Crippen LogP contribution in [0, 0.1) is 12.8 Å². The number of benzene rings is 2. The van der Waals surface area contributed by atoms with Gasteiger partial charge in [-0.1, -0.05) is 50.2 Å². The van der Waals surface area contributed by atoms with Gasteiger partial charge in [0.1, 0.15) is 35.7 Å². The number of carbonyl (C=O) groups is 9. The summed E-state index contributed by atoms with van der Waals surface area (Å²) in [4.78, 5) is 124. The fourth-order valence-electron chi connectivity index (χ4n) is 7.99. The van der Waals surface area contributed by atoms with Gasteiger partial charge in [-0.3, -0.25) is 53.6 Å². The minimum absolute atomic E-state index is 0.00209. The fourth-order valence-corrected chi connectivity index (χ4v) is 7.99. The second-order valence-electron chi connectivity index (χ2n) is 19.9. The van der Waals surface area contributed by atoms with Crippen LogP contribution in [0.3, 0.4) is 0 Å². The highest BCUT2D eigenvalue weighted by molar-refractivity contribution is 5.98. The topological polar surface area (TPSA) is 409 Å². The molecule has 1 fully saturated rings. The SMILES string of the molecule is Cc1ccccc1/C=N\Nc1ccc(C(=O)NCCCOCCOCCOCCCNC(=O)CCC(=O)NCCCOc2ccc(C[C@H]3NC(=O)[C@H](CC(=O)O)NC(=O)CNC(=O)[C@H](CCCN=C(N)N)NC(=O)[C@H](C(C)C)NC3=O)cc2)cn1. The van der Waals surface area contributed by atoms with Crippen LogP contribution in [0.15, 0.2) is 77.0 Å². The van der Waals surface area contributed by atoms with E-state index in [1.54, 1.807) is 56.5 Å². The number of rotatable bonds is 35. The summed E-state index contributed by atoms with van der Waals surface area (Å²) in [7, 11) is 0. The van der Waals surface area contributed by atoms with E-state index >= 15 is 0 Å². The molecule has 1 saturated heterocycles. The molecule has 2 heterocycles. The standard InChI is InChI=1S/C57H82N14O14/c1-37(2)51-56(81)68-43(12-6-21-63-57(58)59)53(78)65-36-49(74)67-45(33-50(75)76)54(79)69-44(55(80)70-51)32-39-13-16-42(17-14-39)85-27-9-23-61-48(73)20-19-47(72)60-22-7-25-82-28-30-84-31-29-83-26-8-24-62-52(77)41-15-18-46(64-34-41)71-66-35-40-11-5-4-10-38(40)3/h4-5,10-11,13-18,34-35,37,43-45,51H,6-9,12,19-33,36H2,1-3H3,(H,60,72)(H,61,73)(H,62,77)(H,64,71)(H,65,78)(H,67,74)(H,68,81)(H,69,79)(H,70,80)(H,75,76)(H4,58,59,63)/b66-35-/t43-,44+,45-,51-/m0/s1. The number of hydrazone groups is 1. The first-order valence-corrected chi connectivity index (χ1v) is 28.2. The van der Waals surface area contributed by atoms with Crippen LogP contribution in [0.4, 0.5) is 5.82 Å². The molecule has 0 saturated carbocycles. The van der Waals surface area contributed by atoms with E-state index in [0.717, 1.165) is 11.1 Å². The van der Waals surface area contributed by atoms with Gasteiger partial charge in [-0.2, -0.15) is 5.10 Å². The van der Waals surface area contributed by atoms with E-state index in [-0.39, 0.29) is 75.5 Å². The lowest BCUT2D eigenvalue weighted by atomic mass is 9.99. The van der Waals surface area contributed by atoms with Crippen LogP contribution >= 0.6 is 0 Å². The van der Waals surface area contributed by atoms with Crippen molar-refractivity contribution in [2.24, 2.45) is 27.5 Å². The number of guanidine groups is 1. The van der Waals surface area contributed by atoms with Crippen molar-refractivity contribution < 1.29 is 67.2 Å². The van der Waals surface area contributed by atoms with Crippen molar-refractivity contribution in [1.82, 2.24) is 47.5 Å². The highest BCUT2D eigenvalue weighted by atomic mass is 16.5. The second-order valence-corrected chi connectivity index (χ2v) is 19.9. The van der Waals surface area contributed by atoms with Crippen molar-refractivity contribution in [3.8, 4) is 5.75 Å². The van der Waals surface area contributed by atoms with Crippen LogP contribution in [0.25, 0.3) is 0 Å². The van der Waals surface area contributed by atoms with Gasteiger partial charge >= 0.3 is 5.97 Å². The maximum Gasteiger partial charge on any atom is 0.305 e. The molecule has 1 aromatic heterocycles. The van der Waals surface area contributed by atoms with Gasteiger partial charge in [-0.05, 0) is 85.9 Å². The Morgan fingerprint density at radius 3 is 1.93 bits per heavy atom. The number of aryl methyl sites for hydroxylation is 1. The molecule has 0 spiro atoms. The number of carboxylic acids is 1. The molecule has 0 radical (unpaired) electrons. The summed E-state index contributed by atoms with van der Waals surface area (Å²) in [5.74, 6) is -6.05. The number of pyridine rings is 1. The van der Waals surface area contributed by atoms with Crippen LogP contribution < -0.4 is 64.2 Å². The van der Waals surface area contributed by atoms with Crippen LogP contribution in [0.5, 0.6) is 5.75 Å². The molecule has 3 aromatic rings. The first-order valence-electron chi connectivity index (χ1n) is 28.2. The predicted octanol–water partition coefficient (Wildman–Crippen LogP) is -0.327. The Labute approximate surface area is 493 Å². The third kappa shape index (κ3) is 28.4. The summed E-state index contributed by atoms with van der Waals surface area (Å²) in [5, 5.41) is 34.7. The smallest absolute Gasteiger partial charge is 0.305 e. The Morgan fingerprint density at radius 2 is 1.32 bits per heavy atom. The van der Waals surface area contributed by atoms with Gasteiger partial charge in [-0.25, -0.2) is 4.98 Å². The predicted molar refractivity (Wildman–Crippen MR) is 314 cm³/mol. The summed E-state index contributed by atoms with van der Waals surface area (Å²) < 4.78 is 22.5. The quantitative estimate of drug-likeness (QED) is 0.0155. The number of hydrogen-bond donors (Lipinski definition) is 12. The minimum Gasteiger partial charge on any atom is -0.494 e. The third-order valence-electron chi connectivity index (χ3n) is 12.6. The summed E-state index contributed by atoms with van der Waals surface area (Å²) in [6.07, 6.45) is 4.20. The lowest BCUT2D eigenvalue weighted by molar-refractivity contribution is -0.141. The molecule has 1 aliphatic heterocycles. The van der Waals surface area contributed by atoms with Crippen LogP contribution in [-0.4, -0.2) is 179 Å². The molecule has 0 unspecified atom stereocenters. The first-order chi connectivity index (χ1) is 40.9. The zero-order valence-corrected chi connectivity index (χ0v) is 48.4. The molecule has 0 aliphatic carbocycles. The van der Waals surface area contributed by atoms with Gasteiger partial charge in [-0.15, -0.1) is 0 Å². The van der Waals surface area contributed by atoms with Crippen molar-refractivity contribution in [2.75, 3.05) is 84.4 Å². The van der Waals surface area contributed by atoms with Crippen LogP contribution in [0.1, 0.15) is 92.3 Å². The molecular formula is C57H82N14O14. The minimum atomic E-state index is -1.64. The van der Waals surface area contributed by atoms with E-state index in [0.29, 0.717) is 94.7 Å². The van der Waals surface area contributed by atoms with Crippen molar-refractivity contribution in [3.05, 3.63) is 89.1 Å². The zero-order chi connectivity index (χ0) is 61.8. The number of aromatic nitrogens is 1. The maximum absolute atomic E-state index is 13.9. The number of hydrogen-bond acceptors (Lipinski definition) is 17. The molecule has 28 nitrogen and oxygen atoms in total. The molecule has 14 N–H and O–H groups in total. The van der Waals surface area contributed by atoms with E-state index in [1.807, 2.05) is 31.2 Å². The second kappa shape index (κ2) is 38.9. The van der Waals surface area contributed by atoms with E-state index in [4.69, 9.17) is 30.4 Å². The third-order valence-corrected chi connectivity index (χ3v) is 12.6. The number of amides is 8. The lowest BCUT2D eigenvalue weighted by Gasteiger charge is -2.27. The summed E-state index contributed by atoms with van der Waals surface area (Å²) in [6.45, 7) is 8.57. The summed E-state index contributed by atoms with van der Waals surface area (Å²) in [6, 6.07) is 12.4. The summed E-state index contributed by atoms with van der Waals surface area (Å²) in [5.41, 5.74) is 16.7. The number of ether oxygens (including phenoxy) is 4. The number of nitrogens with zero attached hydrogens (tertiary/aromatic N) is 3. The Kier molecular flexibility index (Phi) is 31.5. The number of nitrogens with one attached hydrogen (secondary N) is 9. The van der Waals surface area contributed by atoms with Gasteiger partial charge in [0.15, 0.2) is 5.96 Å². The number of anilines is 1. The van der Waals surface area contributed by atoms with Crippen molar-refractivity contribution >= 4 is 71.2 Å². The van der Waals surface area contributed by atoms with Crippen LogP contribution in [-0.2, 0) is 59.0 Å². The van der Waals surface area contributed by atoms with Gasteiger partial charge in [0.2, 0.25) is 41.4 Å². The summed E-state index contributed by atoms with van der Waals surface area (Å²) >= 11 is 0. The highest BCUT2D eigenvalue weighted by Crippen LogP contribution is 2.16. The van der Waals surface area contributed by atoms with Gasteiger partial charge < -0.3 is 78.1 Å². The Bertz CT molecular complexity index is 2690. The van der Waals surface area contributed by atoms with Gasteiger partial charge in [0, 0.05) is 64.9 Å². The molecular weight excluding hydrogens is 1100 g/mol. The molecule has 28 heteroatoms. The van der Waals surface area contributed by atoms with Gasteiger partial charge in [0.25, 0.3) is 5.91 Å². The van der Waals surface area contributed by atoms with Crippen molar-refractivity contribution in [1.29, 1.82) is 0 Å². The number of carbonyl (C=O) groups excluding carboxylic acids is 8. The molecule has 4 rings (SSSR count). The average Bonchev–Trinajstić information content (AvgIpc) is 3.81. The number of aliphatic imine (C=N–C) groups is 1. The number of aliphatic carboxylic acids is 1. The highest BCUT2D eigenvalue weighted by Gasteiger charge is 2.34. The molecule has 8 amide bonds. The van der Waals surface area contributed by atoms with E-state index in [2.05, 4.69) is 63.0 Å². The maximum atomic E-state index is 13.9. The van der Waals surface area contributed by atoms with Crippen LogP contribution in [0.2, 0.25) is 0 Å².